The Bertz CT molecular complexity index is 1070. The van der Waals surface area contributed by atoms with Crippen molar-refractivity contribution in [3.05, 3.63) is 81.6 Å². The third-order valence-electron chi connectivity index (χ3n) is 5.28. The van der Waals surface area contributed by atoms with Gasteiger partial charge in [0, 0.05) is 55.8 Å². The quantitative estimate of drug-likeness (QED) is 0.720. The number of fused-ring (bicyclic) bond motifs is 1. The number of piperazine rings is 1. The summed E-state index contributed by atoms with van der Waals surface area (Å²) in [7, 11) is 2.14. The molecule has 1 aliphatic heterocycles. The molecule has 0 amide bonds. The lowest BCUT2D eigenvalue weighted by Gasteiger charge is -2.32. The Morgan fingerprint density at radius 2 is 1.79 bits per heavy atom. The van der Waals surface area contributed by atoms with Crippen molar-refractivity contribution in [1.82, 2.24) is 14.8 Å². The van der Waals surface area contributed by atoms with E-state index in [2.05, 4.69) is 51.9 Å². The summed E-state index contributed by atoms with van der Waals surface area (Å²) in [5.74, 6) is 6.49. The van der Waals surface area contributed by atoms with Gasteiger partial charge in [0.25, 0.3) is 5.56 Å². The van der Waals surface area contributed by atoms with Crippen LogP contribution in [0.3, 0.4) is 0 Å². The van der Waals surface area contributed by atoms with Crippen molar-refractivity contribution in [2.75, 3.05) is 33.2 Å². The molecule has 0 unspecified atom stereocenters. The van der Waals surface area contributed by atoms with Gasteiger partial charge in [-0.3, -0.25) is 9.69 Å². The Kier molecular flexibility index (Phi) is 5.57. The molecule has 4 heteroatoms. The molecule has 2 heterocycles. The predicted octanol–water partition coefficient (Wildman–Crippen LogP) is 2.87. The molecule has 1 aromatic heterocycles. The third-order valence-corrected chi connectivity index (χ3v) is 5.28. The molecule has 1 aliphatic rings. The van der Waals surface area contributed by atoms with E-state index in [1.807, 2.05) is 36.4 Å². The predicted molar refractivity (Wildman–Crippen MR) is 114 cm³/mol. The fraction of sp³-hybridized carbons (Fsp3) is 0.292. The minimum Gasteiger partial charge on any atom is -0.322 e. The lowest BCUT2D eigenvalue weighted by atomic mass is 10.1. The van der Waals surface area contributed by atoms with Crippen molar-refractivity contribution >= 4 is 10.9 Å². The van der Waals surface area contributed by atoms with Gasteiger partial charge in [0.15, 0.2) is 0 Å². The molecule has 1 N–H and O–H groups in total. The van der Waals surface area contributed by atoms with E-state index >= 15 is 0 Å². The second-order valence-electron chi connectivity index (χ2n) is 7.47. The van der Waals surface area contributed by atoms with E-state index in [1.165, 1.54) is 5.56 Å². The lowest BCUT2D eigenvalue weighted by molar-refractivity contribution is 0.148. The summed E-state index contributed by atoms with van der Waals surface area (Å²) in [6, 6.07) is 18.3. The first-order valence-electron chi connectivity index (χ1n) is 9.77. The molecule has 1 saturated heterocycles. The fourth-order valence-electron chi connectivity index (χ4n) is 3.54. The molecule has 142 valence electrons. The Hall–Kier alpha value is -2.87. The summed E-state index contributed by atoms with van der Waals surface area (Å²) in [6.07, 6.45) is 0.735. The highest BCUT2D eigenvalue weighted by Gasteiger charge is 2.15. The Morgan fingerprint density at radius 1 is 1.00 bits per heavy atom. The molecule has 2 aromatic carbocycles. The minimum atomic E-state index is 0.00865. The summed E-state index contributed by atoms with van der Waals surface area (Å²) in [5.41, 5.74) is 3.89. The molecule has 4 rings (SSSR count). The summed E-state index contributed by atoms with van der Waals surface area (Å²) in [6.45, 7) is 4.79. The van der Waals surface area contributed by atoms with Gasteiger partial charge in [-0.05, 0) is 42.3 Å². The molecule has 3 aromatic rings. The van der Waals surface area contributed by atoms with Gasteiger partial charge in [0.1, 0.15) is 0 Å². The average Bonchev–Trinajstić information content (AvgIpc) is 2.71. The highest BCUT2D eigenvalue weighted by molar-refractivity contribution is 5.80. The zero-order valence-electron chi connectivity index (χ0n) is 16.2. The van der Waals surface area contributed by atoms with Crippen LogP contribution in [0.15, 0.2) is 59.4 Å². The SMILES string of the molecule is CN1CCN(Cc2cc3cc(C#CCc4ccccc4)ccc3[nH]c2=O)CC1. The molecular weight excluding hydrogens is 346 g/mol. The van der Waals surface area contributed by atoms with Crippen LogP contribution in [0.2, 0.25) is 0 Å². The van der Waals surface area contributed by atoms with Gasteiger partial charge >= 0.3 is 0 Å². The molecule has 0 bridgehead atoms. The number of aromatic nitrogens is 1. The van der Waals surface area contributed by atoms with Crippen LogP contribution in [0.5, 0.6) is 0 Å². The van der Waals surface area contributed by atoms with Crippen LogP contribution in [0.4, 0.5) is 0 Å². The number of nitrogens with zero attached hydrogens (tertiary/aromatic N) is 2. The van der Waals surface area contributed by atoms with Crippen molar-refractivity contribution in [2.45, 2.75) is 13.0 Å². The van der Waals surface area contributed by atoms with E-state index in [0.717, 1.165) is 54.6 Å². The summed E-state index contributed by atoms with van der Waals surface area (Å²) in [5, 5.41) is 1.04. The van der Waals surface area contributed by atoms with Crippen molar-refractivity contribution in [1.29, 1.82) is 0 Å². The topological polar surface area (TPSA) is 39.3 Å². The summed E-state index contributed by atoms with van der Waals surface area (Å²) < 4.78 is 0. The number of nitrogens with one attached hydrogen (secondary N) is 1. The normalized spacial score (nSPS) is 15.3. The highest BCUT2D eigenvalue weighted by Crippen LogP contribution is 2.15. The molecule has 1 fully saturated rings. The average molecular weight is 371 g/mol. The van der Waals surface area contributed by atoms with Crippen molar-refractivity contribution in [3.8, 4) is 11.8 Å². The molecule has 28 heavy (non-hydrogen) atoms. The fourth-order valence-corrected chi connectivity index (χ4v) is 3.54. The van der Waals surface area contributed by atoms with Gasteiger partial charge in [0.05, 0.1) is 0 Å². The number of likely N-dealkylation sites (N-methyl/N-ethyl adjacent to an activating group) is 1. The zero-order chi connectivity index (χ0) is 19.3. The number of H-pyrrole nitrogens is 1. The highest BCUT2D eigenvalue weighted by atomic mass is 16.1. The lowest BCUT2D eigenvalue weighted by Crippen LogP contribution is -2.44. The number of rotatable bonds is 3. The molecular formula is C24H25N3O. The van der Waals surface area contributed by atoms with Crippen LogP contribution in [-0.2, 0) is 13.0 Å². The van der Waals surface area contributed by atoms with E-state index in [0.29, 0.717) is 6.54 Å². The summed E-state index contributed by atoms with van der Waals surface area (Å²) >= 11 is 0. The summed E-state index contributed by atoms with van der Waals surface area (Å²) in [4.78, 5) is 20.2. The van der Waals surface area contributed by atoms with E-state index in [4.69, 9.17) is 0 Å². The van der Waals surface area contributed by atoms with E-state index in [-0.39, 0.29) is 5.56 Å². The Labute approximate surface area is 165 Å². The van der Waals surface area contributed by atoms with Crippen LogP contribution in [0.1, 0.15) is 16.7 Å². The van der Waals surface area contributed by atoms with Gasteiger partial charge in [-0.15, -0.1) is 0 Å². The zero-order valence-corrected chi connectivity index (χ0v) is 16.2. The molecule has 4 nitrogen and oxygen atoms in total. The number of hydrogen-bond donors (Lipinski definition) is 1. The first-order valence-corrected chi connectivity index (χ1v) is 9.77. The van der Waals surface area contributed by atoms with E-state index < -0.39 is 0 Å². The van der Waals surface area contributed by atoms with Crippen LogP contribution >= 0.6 is 0 Å². The standard InChI is InChI=1S/C24H25N3O/c1-26-12-14-27(15-13-26)18-22-17-21-16-20(10-11-23(21)25-24(22)28)9-5-8-19-6-3-2-4-7-19/h2-4,6-7,10-11,16-17H,8,12-15,18H2,1H3,(H,25,28). The molecule has 0 spiro atoms. The second kappa shape index (κ2) is 8.43. The van der Waals surface area contributed by atoms with Crippen LogP contribution in [-0.4, -0.2) is 48.0 Å². The smallest absolute Gasteiger partial charge is 0.252 e. The first-order chi connectivity index (χ1) is 13.7. The number of hydrogen-bond acceptors (Lipinski definition) is 3. The number of aromatic amines is 1. The third kappa shape index (κ3) is 4.51. The van der Waals surface area contributed by atoms with Crippen LogP contribution in [0.25, 0.3) is 10.9 Å². The first kappa shape index (κ1) is 18.5. The molecule has 0 saturated carbocycles. The molecule has 0 radical (unpaired) electrons. The number of pyridine rings is 1. The monoisotopic (exact) mass is 371 g/mol. The van der Waals surface area contributed by atoms with Gasteiger partial charge in [-0.2, -0.15) is 0 Å². The maximum absolute atomic E-state index is 12.5. The maximum atomic E-state index is 12.5. The van der Waals surface area contributed by atoms with Crippen LogP contribution in [0, 0.1) is 11.8 Å². The largest absolute Gasteiger partial charge is 0.322 e. The second-order valence-corrected chi connectivity index (χ2v) is 7.47. The van der Waals surface area contributed by atoms with Crippen molar-refractivity contribution in [2.24, 2.45) is 0 Å². The molecule has 0 aliphatic carbocycles. The maximum Gasteiger partial charge on any atom is 0.252 e. The Morgan fingerprint density at radius 3 is 2.57 bits per heavy atom. The van der Waals surface area contributed by atoms with Crippen molar-refractivity contribution in [3.63, 3.8) is 0 Å². The Balaban J connectivity index is 1.53. The van der Waals surface area contributed by atoms with Gasteiger partial charge < -0.3 is 9.88 Å². The van der Waals surface area contributed by atoms with E-state index in [1.54, 1.807) is 0 Å². The van der Waals surface area contributed by atoms with Gasteiger partial charge in [-0.1, -0.05) is 42.2 Å². The van der Waals surface area contributed by atoms with Crippen molar-refractivity contribution < 1.29 is 0 Å². The van der Waals surface area contributed by atoms with Gasteiger partial charge in [0.2, 0.25) is 0 Å². The van der Waals surface area contributed by atoms with E-state index in [9.17, 15) is 4.79 Å². The molecule has 0 atom stereocenters. The minimum absolute atomic E-state index is 0.00865. The van der Waals surface area contributed by atoms with Crippen LogP contribution < -0.4 is 5.56 Å². The number of benzene rings is 2. The van der Waals surface area contributed by atoms with Gasteiger partial charge in [-0.25, -0.2) is 0 Å².